The third-order valence-electron chi connectivity index (χ3n) is 3.08. The summed E-state index contributed by atoms with van der Waals surface area (Å²) >= 11 is 0. The molecule has 0 aromatic rings. The van der Waals surface area contributed by atoms with Gasteiger partial charge in [-0.05, 0) is 18.9 Å². The van der Waals surface area contributed by atoms with Gasteiger partial charge in [0.05, 0.1) is 6.61 Å². The van der Waals surface area contributed by atoms with Gasteiger partial charge in [0.15, 0.2) is 0 Å². The SMILES string of the molecule is NCCN1CC[C@H]2COC[C@@H]2C1. The first-order valence-electron chi connectivity index (χ1n) is 4.90. The average molecular weight is 170 g/mol. The van der Waals surface area contributed by atoms with Crippen molar-refractivity contribution in [1.82, 2.24) is 4.90 Å². The summed E-state index contributed by atoms with van der Waals surface area (Å²) in [6, 6.07) is 0. The van der Waals surface area contributed by atoms with Crippen molar-refractivity contribution in [3.05, 3.63) is 0 Å². The van der Waals surface area contributed by atoms with Gasteiger partial charge in [-0.1, -0.05) is 0 Å². The van der Waals surface area contributed by atoms with Crippen LogP contribution in [-0.4, -0.2) is 44.3 Å². The molecule has 2 saturated heterocycles. The maximum absolute atomic E-state index is 5.52. The van der Waals surface area contributed by atoms with Crippen molar-refractivity contribution < 1.29 is 4.74 Å². The quantitative estimate of drug-likeness (QED) is 0.629. The van der Waals surface area contributed by atoms with Gasteiger partial charge in [-0.25, -0.2) is 0 Å². The summed E-state index contributed by atoms with van der Waals surface area (Å²) in [6.07, 6.45) is 1.31. The van der Waals surface area contributed by atoms with E-state index in [-0.39, 0.29) is 0 Å². The molecule has 3 nitrogen and oxygen atoms in total. The van der Waals surface area contributed by atoms with Crippen LogP contribution in [0.5, 0.6) is 0 Å². The maximum Gasteiger partial charge on any atom is 0.0510 e. The Morgan fingerprint density at radius 3 is 3.00 bits per heavy atom. The minimum atomic E-state index is 0.790. The molecule has 0 aromatic carbocycles. The molecule has 70 valence electrons. The van der Waals surface area contributed by atoms with Crippen LogP contribution in [0.3, 0.4) is 0 Å². The number of likely N-dealkylation sites (tertiary alicyclic amines) is 1. The number of hydrogen-bond acceptors (Lipinski definition) is 3. The van der Waals surface area contributed by atoms with Gasteiger partial charge in [0.25, 0.3) is 0 Å². The second kappa shape index (κ2) is 3.73. The van der Waals surface area contributed by atoms with Crippen LogP contribution in [0, 0.1) is 11.8 Å². The van der Waals surface area contributed by atoms with E-state index < -0.39 is 0 Å². The Morgan fingerprint density at radius 1 is 1.33 bits per heavy atom. The van der Waals surface area contributed by atoms with Crippen molar-refractivity contribution in [2.24, 2.45) is 17.6 Å². The topological polar surface area (TPSA) is 38.5 Å². The zero-order chi connectivity index (χ0) is 8.39. The molecule has 0 spiro atoms. The second-order valence-corrected chi connectivity index (χ2v) is 3.94. The minimum Gasteiger partial charge on any atom is -0.381 e. The van der Waals surface area contributed by atoms with E-state index in [1.807, 2.05) is 0 Å². The Balaban J connectivity index is 1.84. The summed E-state index contributed by atoms with van der Waals surface area (Å²) in [4.78, 5) is 2.47. The standard InChI is InChI=1S/C9H18N2O/c10-2-4-11-3-1-8-6-12-7-9(8)5-11/h8-9H,1-7,10H2/t8-,9-/m0/s1. The van der Waals surface area contributed by atoms with Gasteiger partial charge in [-0.2, -0.15) is 0 Å². The van der Waals surface area contributed by atoms with Crippen LogP contribution < -0.4 is 5.73 Å². The summed E-state index contributed by atoms with van der Waals surface area (Å²) < 4.78 is 5.46. The lowest BCUT2D eigenvalue weighted by atomic mass is 9.89. The highest BCUT2D eigenvalue weighted by molar-refractivity contribution is 4.83. The van der Waals surface area contributed by atoms with E-state index in [0.29, 0.717) is 0 Å². The van der Waals surface area contributed by atoms with E-state index in [4.69, 9.17) is 10.5 Å². The Morgan fingerprint density at radius 2 is 2.17 bits per heavy atom. The number of nitrogens with two attached hydrogens (primary N) is 1. The fourth-order valence-electron chi connectivity index (χ4n) is 2.32. The molecule has 12 heavy (non-hydrogen) atoms. The Kier molecular flexibility index (Phi) is 2.63. The van der Waals surface area contributed by atoms with Crippen LogP contribution in [-0.2, 0) is 4.74 Å². The molecule has 2 atom stereocenters. The van der Waals surface area contributed by atoms with E-state index in [1.54, 1.807) is 0 Å². The molecule has 2 aliphatic rings. The van der Waals surface area contributed by atoms with Crippen LogP contribution in [0.1, 0.15) is 6.42 Å². The predicted octanol–water partition coefficient (Wildman–Crippen LogP) is -0.0866. The highest BCUT2D eigenvalue weighted by Gasteiger charge is 2.33. The third kappa shape index (κ3) is 1.63. The molecule has 2 N–H and O–H groups in total. The summed E-state index contributed by atoms with van der Waals surface area (Å²) in [6.45, 7) is 6.26. The Labute approximate surface area is 73.9 Å². The minimum absolute atomic E-state index is 0.790. The first-order chi connectivity index (χ1) is 5.90. The highest BCUT2D eigenvalue weighted by atomic mass is 16.5. The van der Waals surface area contributed by atoms with Crippen molar-refractivity contribution in [2.45, 2.75) is 6.42 Å². The lowest BCUT2D eigenvalue weighted by Gasteiger charge is -2.33. The molecular weight excluding hydrogens is 152 g/mol. The molecule has 0 aliphatic carbocycles. The van der Waals surface area contributed by atoms with Gasteiger partial charge in [0, 0.05) is 32.2 Å². The Hall–Kier alpha value is -0.120. The maximum atomic E-state index is 5.52. The molecule has 0 unspecified atom stereocenters. The fraction of sp³-hybridized carbons (Fsp3) is 1.00. The first-order valence-corrected chi connectivity index (χ1v) is 4.90. The van der Waals surface area contributed by atoms with Gasteiger partial charge in [-0.3, -0.25) is 0 Å². The highest BCUT2D eigenvalue weighted by Crippen LogP contribution is 2.28. The summed E-state index contributed by atoms with van der Waals surface area (Å²) in [5.74, 6) is 1.64. The molecule has 0 saturated carbocycles. The van der Waals surface area contributed by atoms with Gasteiger partial charge in [0.1, 0.15) is 0 Å². The number of piperidine rings is 1. The fourth-order valence-corrected chi connectivity index (χ4v) is 2.32. The molecule has 0 aromatic heterocycles. The van der Waals surface area contributed by atoms with E-state index >= 15 is 0 Å². The molecule has 0 amide bonds. The lowest BCUT2D eigenvalue weighted by molar-refractivity contribution is 0.150. The zero-order valence-electron chi connectivity index (χ0n) is 7.54. The molecular formula is C9H18N2O. The third-order valence-corrected chi connectivity index (χ3v) is 3.08. The van der Waals surface area contributed by atoms with Crippen LogP contribution >= 0.6 is 0 Å². The predicted molar refractivity (Wildman–Crippen MR) is 47.9 cm³/mol. The number of rotatable bonds is 2. The first kappa shape index (κ1) is 8.48. The molecule has 0 bridgehead atoms. The monoisotopic (exact) mass is 170 g/mol. The average Bonchev–Trinajstić information content (AvgIpc) is 2.51. The van der Waals surface area contributed by atoms with Crippen molar-refractivity contribution in [3.8, 4) is 0 Å². The number of fused-ring (bicyclic) bond motifs is 1. The van der Waals surface area contributed by atoms with Crippen LogP contribution in [0.2, 0.25) is 0 Å². The molecule has 2 rings (SSSR count). The van der Waals surface area contributed by atoms with E-state index in [2.05, 4.69) is 4.90 Å². The zero-order valence-corrected chi connectivity index (χ0v) is 7.54. The molecule has 2 heterocycles. The number of hydrogen-bond donors (Lipinski definition) is 1. The number of ether oxygens (including phenoxy) is 1. The lowest BCUT2D eigenvalue weighted by Crippen LogP contribution is -2.42. The normalized spacial score (nSPS) is 36.8. The van der Waals surface area contributed by atoms with Crippen molar-refractivity contribution in [3.63, 3.8) is 0 Å². The molecule has 3 heteroatoms. The molecule has 0 radical (unpaired) electrons. The smallest absolute Gasteiger partial charge is 0.0510 e. The van der Waals surface area contributed by atoms with Crippen molar-refractivity contribution >= 4 is 0 Å². The molecule has 2 fully saturated rings. The Bertz CT molecular complexity index is 151. The van der Waals surface area contributed by atoms with Crippen LogP contribution in [0.4, 0.5) is 0 Å². The summed E-state index contributed by atoms with van der Waals surface area (Å²) in [5, 5.41) is 0. The molecule has 2 aliphatic heterocycles. The second-order valence-electron chi connectivity index (χ2n) is 3.94. The van der Waals surface area contributed by atoms with Crippen molar-refractivity contribution in [1.29, 1.82) is 0 Å². The van der Waals surface area contributed by atoms with Gasteiger partial charge in [0.2, 0.25) is 0 Å². The number of nitrogens with zero attached hydrogens (tertiary/aromatic N) is 1. The summed E-state index contributed by atoms with van der Waals surface area (Å²) in [5.41, 5.74) is 5.52. The van der Waals surface area contributed by atoms with E-state index in [1.165, 1.54) is 19.5 Å². The summed E-state index contributed by atoms with van der Waals surface area (Å²) in [7, 11) is 0. The van der Waals surface area contributed by atoms with E-state index in [9.17, 15) is 0 Å². The van der Waals surface area contributed by atoms with E-state index in [0.717, 1.165) is 38.1 Å². The van der Waals surface area contributed by atoms with Gasteiger partial charge in [-0.15, -0.1) is 0 Å². The largest absolute Gasteiger partial charge is 0.381 e. The van der Waals surface area contributed by atoms with Crippen LogP contribution in [0.15, 0.2) is 0 Å². The van der Waals surface area contributed by atoms with Crippen LogP contribution in [0.25, 0.3) is 0 Å². The van der Waals surface area contributed by atoms with Gasteiger partial charge < -0.3 is 15.4 Å². The van der Waals surface area contributed by atoms with Gasteiger partial charge >= 0.3 is 0 Å². The van der Waals surface area contributed by atoms with Crippen molar-refractivity contribution in [2.75, 3.05) is 39.4 Å².